The maximum Gasteiger partial charge on any atom is 0.0685 e. The highest BCUT2D eigenvalue weighted by atomic mass is 16.3. The van der Waals surface area contributed by atoms with Gasteiger partial charge in [0.2, 0.25) is 0 Å². The third-order valence-corrected chi connectivity index (χ3v) is 1.88. The van der Waals surface area contributed by atoms with Gasteiger partial charge in [0.25, 0.3) is 0 Å². The van der Waals surface area contributed by atoms with E-state index in [1.807, 2.05) is 24.3 Å². The van der Waals surface area contributed by atoms with Crippen molar-refractivity contribution < 1.29 is 5.11 Å². The summed E-state index contributed by atoms with van der Waals surface area (Å²) in [4.78, 5) is 0. The van der Waals surface area contributed by atoms with Gasteiger partial charge in [0.15, 0.2) is 0 Å². The molecule has 5 N–H and O–H groups in total. The molecular formula is C9H14N2O. The lowest BCUT2D eigenvalue weighted by Gasteiger charge is -2.12. The van der Waals surface area contributed by atoms with E-state index in [2.05, 4.69) is 0 Å². The Morgan fingerprint density at radius 1 is 1.33 bits per heavy atom. The summed E-state index contributed by atoms with van der Waals surface area (Å²) in [6.45, 7) is 0.418. The summed E-state index contributed by atoms with van der Waals surface area (Å²) in [5.41, 5.74) is 12.9. The molecule has 66 valence electrons. The molecule has 1 aromatic carbocycles. The molecule has 0 saturated heterocycles. The summed E-state index contributed by atoms with van der Waals surface area (Å²) in [7, 11) is 0. The van der Waals surface area contributed by atoms with E-state index < -0.39 is 0 Å². The Hall–Kier alpha value is -0.900. The van der Waals surface area contributed by atoms with Crippen molar-refractivity contribution in [3.8, 4) is 0 Å². The van der Waals surface area contributed by atoms with Crippen molar-refractivity contribution in [1.29, 1.82) is 0 Å². The monoisotopic (exact) mass is 166 g/mol. The normalized spacial score (nSPS) is 12.9. The molecule has 0 bridgehead atoms. The van der Waals surface area contributed by atoms with E-state index in [4.69, 9.17) is 16.6 Å². The molecule has 12 heavy (non-hydrogen) atoms. The van der Waals surface area contributed by atoms with E-state index in [-0.39, 0.29) is 12.6 Å². The topological polar surface area (TPSA) is 72.3 Å². The maximum absolute atomic E-state index is 8.97. The number of rotatable bonds is 3. The van der Waals surface area contributed by atoms with Crippen LogP contribution in [0.3, 0.4) is 0 Å². The third kappa shape index (κ3) is 1.82. The number of benzene rings is 1. The Balaban J connectivity index is 2.96. The highest BCUT2D eigenvalue weighted by Crippen LogP contribution is 2.14. The van der Waals surface area contributed by atoms with Crippen LogP contribution in [0.25, 0.3) is 0 Å². The first-order chi connectivity index (χ1) is 5.79. The van der Waals surface area contributed by atoms with E-state index in [1.165, 1.54) is 0 Å². The molecule has 0 aliphatic heterocycles. The molecule has 0 spiro atoms. The number of nitrogens with two attached hydrogens (primary N) is 2. The lowest BCUT2D eigenvalue weighted by molar-refractivity contribution is 0.280. The fourth-order valence-corrected chi connectivity index (χ4v) is 1.17. The first-order valence-corrected chi connectivity index (χ1v) is 3.94. The molecular weight excluding hydrogens is 152 g/mol. The van der Waals surface area contributed by atoms with Crippen molar-refractivity contribution in [2.75, 3.05) is 6.54 Å². The van der Waals surface area contributed by atoms with Crippen LogP contribution in [0.2, 0.25) is 0 Å². The van der Waals surface area contributed by atoms with Crippen LogP contribution in [0.5, 0.6) is 0 Å². The summed E-state index contributed by atoms with van der Waals surface area (Å²) in [5.74, 6) is 0. The molecule has 0 heterocycles. The van der Waals surface area contributed by atoms with Gasteiger partial charge in [-0.15, -0.1) is 0 Å². The third-order valence-electron chi connectivity index (χ3n) is 1.88. The van der Waals surface area contributed by atoms with E-state index >= 15 is 0 Å². The van der Waals surface area contributed by atoms with E-state index in [0.29, 0.717) is 6.54 Å². The van der Waals surface area contributed by atoms with E-state index in [9.17, 15) is 0 Å². The quantitative estimate of drug-likeness (QED) is 0.598. The molecule has 0 aliphatic carbocycles. The Bertz CT molecular complexity index is 250. The minimum Gasteiger partial charge on any atom is -0.392 e. The maximum atomic E-state index is 8.97. The summed E-state index contributed by atoms with van der Waals surface area (Å²) < 4.78 is 0. The average Bonchev–Trinajstić information content (AvgIpc) is 2.16. The first-order valence-electron chi connectivity index (χ1n) is 3.94. The molecule has 3 nitrogen and oxygen atoms in total. The van der Waals surface area contributed by atoms with Crippen molar-refractivity contribution in [2.24, 2.45) is 11.5 Å². The van der Waals surface area contributed by atoms with Gasteiger partial charge in [0.05, 0.1) is 6.61 Å². The number of aliphatic hydroxyl groups is 1. The molecule has 3 heteroatoms. The standard InChI is InChI=1S/C9H14N2O/c10-5-9(11)8-4-2-1-3-7(8)6-12/h1-4,9,12H,5-6,10-11H2/t9-/m0/s1. The molecule has 1 rings (SSSR count). The van der Waals surface area contributed by atoms with Crippen LogP contribution < -0.4 is 11.5 Å². The number of aliphatic hydroxyl groups excluding tert-OH is 1. The summed E-state index contributed by atoms with van der Waals surface area (Å²) in [6.07, 6.45) is 0. The van der Waals surface area contributed by atoms with Crippen LogP contribution in [-0.4, -0.2) is 11.7 Å². The minimum atomic E-state index is -0.173. The van der Waals surface area contributed by atoms with Crippen LogP contribution in [0.4, 0.5) is 0 Å². The molecule has 0 radical (unpaired) electrons. The van der Waals surface area contributed by atoms with Gasteiger partial charge in [0.1, 0.15) is 0 Å². The SMILES string of the molecule is NC[C@H](N)c1ccccc1CO. The smallest absolute Gasteiger partial charge is 0.0685 e. The van der Waals surface area contributed by atoms with Crippen molar-refractivity contribution >= 4 is 0 Å². The molecule has 0 unspecified atom stereocenters. The van der Waals surface area contributed by atoms with Crippen LogP contribution in [0, 0.1) is 0 Å². The zero-order chi connectivity index (χ0) is 8.97. The Labute approximate surface area is 72.0 Å². The molecule has 0 aliphatic rings. The number of hydrogen-bond donors (Lipinski definition) is 3. The average molecular weight is 166 g/mol. The largest absolute Gasteiger partial charge is 0.392 e. The second-order valence-corrected chi connectivity index (χ2v) is 2.70. The van der Waals surface area contributed by atoms with Gasteiger partial charge in [0, 0.05) is 12.6 Å². The van der Waals surface area contributed by atoms with Gasteiger partial charge in [-0.1, -0.05) is 24.3 Å². The van der Waals surface area contributed by atoms with Gasteiger partial charge in [-0.25, -0.2) is 0 Å². The summed E-state index contributed by atoms with van der Waals surface area (Å²) in [5, 5.41) is 8.97. The lowest BCUT2D eigenvalue weighted by Crippen LogP contribution is -2.22. The zero-order valence-corrected chi connectivity index (χ0v) is 6.90. The van der Waals surface area contributed by atoms with Gasteiger partial charge in [-0.2, -0.15) is 0 Å². The fourth-order valence-electron chi connectivity index (χ4n) is 1.17. The zero-order valence-electron chi connectivity index (χ0n) is 6.90. The second kappa shape index (κ2) is 4.21. The molecule has 0 aromatic heterocycles. The van der Waals surface area contributed by atoms with Gasteiger partial charge in [-0.05, 0) is 11.1 Å². The van der Waals surface area contributed by atoms with Crippen molar-refractivity contribution in [3.05, 3.63) is 35.4 Å². The second-order valence-electron chi connectivity index (χ2n) is 2.70. The van der Waals surface area contributed by atoms with Crippen molar-refractivity contribution in [2.45, 2.75) is 12.6 Å². The van der Waals surface area contributed by atoms with E-state index in [1.54, 1.807) is 0 Å². The molecule has 0 amide bonds. The van der Waals surface area contributed by atoms with Crippen molar-refractivity contribution in [3.63, 3.8) is 0 Å². The Kier molecular flexibility index (Phi) is 3.22. The fraction of sp³-hybridized carbons (Fsp3) is 0.333. The number of hydrogen-bond acceptors (Lipinski definition) is 3. The lowest BCUT2D eigenvalue weighted by atomic mass is 10.0. The minimum absolute atomic E-state index is 0.0177. The predicted molar refractivity (Wildman–Crippen MR) is 48.3 cm³/mol. The molecule has 0 saturated carbocycles. The molecule has 1 aromatic rings. The summed E-state index contributed by atoms with van der Waals surface area (Å²) in [6, 6.07) is 7.34. The van der Waals surface area contributed by atoms with Crippen LogP contribution in [0.1, 0.15) is 17.2 Å². The van der Waals surface area contributed by atoms with Crippen LogP contribution in [0.15, 0.2) is 24.3 Å². The van der Waals surface area contributed by atoms with Gasteiger partial charge in [-0.3, -0.25) is 0 Å². The predicted octanol–water partition coefficient (Wildman–Crippen LogP) is 0.137. The Morgan fingerprint density at radius 2 is 2.00 bits per heavy atom. The Morgan fingerprint density at radius 3 is 2.58 bits per heavy atom. The highest BCUT2D eigenvalue weighted by Gasteiger charge is 2.06. The molecule has 1 atom stereocenters. The molecule has 0 fully saturated rings. The van der Waals surface area contributed by atoms with Crippen molar-refractivity contribution in [1.82, 2.24) is 0 Å². The van der Waals surface area contributed by atoms with Crippen LogP contribution >= 0.6 is 0 Å². The van der Waals surface area contributed by atoms with Gasteiger partial charge >= 0.3 is 0 Å². The first kappa shape index (κ1) is 9.19. The van der Waals surface area contributed by atoms with Gasteiger partial charge < -0.3 is 16.6 Å². The highest BCUT2D eigenvalue weighted by molar-refractivity contribution is 5.29. The van der Waals surface area contributed by atoms with Crippen LogP contribution in [-0.2, 0) is 6.61 Å². The van der Waals surface area contributed by atoms with E-state index in [0.717, 1.165) is 11.1 Å². The summed E-state index contributed by atoms with van der Waals surface area (Å²) >= 11 is 0.